The monoisotopic (exact) mass is 376 g/mol. The number of urea groups is 1. The van der Waals surface area contributed by atoms with E-state index in [1.165, 1.54) is 0 Å². The van der Waals surface area contributed by atoms with Crippen molar-refractivity contribution in [2.24, 2.45) is 0 Å². The number of nitrogens with zero attached hydrogens (tertiary/aromatic N) is 2. The SMILES string of the molecule is O=C(NCCc1nnc(-c2ccc(Cl)cc2)o1)Nc1ccc(Cl)cc1. The highest BCUT2D eigenvalue weighted by Crippen LogP contribution is 2.20. The fraction of sp³-hybridized carbons (Fsp3) is 0.118. The van der Waals surface area contributed by atoms with Crippen LogP contribution >= 0.6 is 23.2 Å². The van der Waals surface area contributed by atoms with Gasteiger partial charge in [0.25, 0.3) is 0 Å². The van der Waals surface area contributed by atoms with Gasteiger partial charge in [-0.25, -0.2) is 4.79 Å². The number of nitrogens with one attached hydrogen (secondary N) is 2. The molecule has 0 saturated carbocycles. The van der Waals surface area contributed by atoms with Crippen molar-refractivity contribution >= 4 is 34.9 Å². The van der Waals surface area contributed by atoms with Crippen LogP contribution in [0.25, 0.3) is 11.5 Å². The van der Waals surface area contributed by atoms with E-state index in [9.17, 15) is 4.79 Å². The summed E-state index contributed by atoms with van der Waals surface area (Å²) in [5.74, 6) is 0.856. The summed E-state index contributed by atoms with van der Waals surface area (Å²) in [6.07, 6.45) is 0.425. The molecular formula is C17H14Cl2N4O2. The number of aromatic nitrogens is 2. The van der Waals surface area contributed by atoms with E-state index in [0.29, 0.717) is 40.5 Å². The van der Waals surface area contributed by atoms with Crippen LogP contribution in [0.3, 0.4) is 0 Å². The van der Waals surface area contributed by atoms with Crippen LogP contribution in [0.5, 0.6) is 0 Å². The number of carbonyl (C=O) groups excluding carboxylic acids is 1. The highest BCUT2D eigenvalue weighted by Gasteiger charge is 2.09. The number of hydrogen-bond donors (Lipinski definition) is 2. The van der Waals surface area contributed by atoms with Crippen LogP contribution in [0.1, 0.15) is 5.89 Å². The van der Waals surface area contributed by atoms with Crippen molar-refractivity contribution in [1.29, 1.82) is 0 Å². The minimum atomic E-state index is -0.320. The third-order valence-electron chi connectivity index (χ3n) is 3.28. The number of halogens is 2. The number of anilines is 1. The molecule has 0 bridgehead atoms. The van der Waals surface area contributed by atoms with Crippen LogP contribution in [0, 0.1) is 0 Å². The van der Waals surface area contributed by atoms with Gasteiger partial charge in [-0.2, -0.15) is 0 Å². The summed E-state index contributed by atoms with van der Waals surface area (Å²) < 4.78 is 5.57. The second-order valence-electron chi connectivity index (χ2n) is 5.15. The predicted molar refractivity (Wildman–Crippen MR) is 96.9 cm³/mol. The summed E-state index contributed by atoms with van der Waals surface area (Å²) in [6, 6.07) is 13.6. The Labute approximate surface area is 154 Å². The Morgan fingerprint density at radius 3 is 2.28 bits per heavy atom. The zero-order valence-corrected chi connectivity index (χ0v) is 14.5. The van der Waals surface area contributed by atoms with Gasteiger partial charge in [0.1, 0.15) is 0 Å². The van der Waals surface area contributed by atoms with Crippen molar-refractivity contribution < 1.29 is 9.21 Å². The van der Waals surface area contributed by atoms with Crippen LogP contribution in [-0.4, -0.2) is 22.8 Å². The van der Waals surface area contributed by atoms with E-state index in [2.05, 4.69) is 20.8 Å². The van der Waals surface area contributed by atoms with Gasteiger partial charge < -0.3 is 15.1 Å². The first-order valence-corrected chi connectivity index (χ1v) is 8.24. The average Bonchev–Trinajstić information content (AvgIpc) is 3.06. The van der Waals surface area contributed by atoms with E-state index in [1.54, 1.807) is 48.5 Å². The third-order valence-corrected chi connectivity index (χ3v) is 3.79. The minimum absolute atomic E-state index is 0.320. The molecule has 0 radical (unpaired) electrons. The number of amides is 2. The molecule has 1 aromatic heterocycles. The third kappa shape index (κ3) is 4.95. The van der Waals surface area contributed by atoms with Crippen molar-refractivity contribution in [3.8, 4) is 11.5 Å². The predicted octanol–water partition coefficient (Wildman–Crippen LogP) is 4.41. The Kier molecular flexibility index (Phi) is 5.53. The van der Waals surface area contributed by atoms with Crippen molar-refractivity contribution in [3.05, 3.63) is 64.5 Å². The molecule has 2 N–H and O–H groups in total. The van der Waals surface area contributed by atoms with Gasteiger partial charge in [-0.05, 0) is 48.5 Å². The summed E-state index contributed by atoms with van der Waals surface area (Å²) >= 11 is 11.6. The Morgan fingerprint density at radius 2 is 1.60 bits per heavy atom. The number of rotatable bonds is 5. The lowest BCUT2D eigenvalue weighted by Crippen LogP contribution is -2.30. The van der Waals surface area contributed by atoms with Gasteiger partial charge in [-0.1, -0.05) is 23.2 Å². The Hall–Kier alpha value is -2.57. The van der Waals surface area contributed by atoms with E-state index in [-0.39, 0.29) is 6.03 Å². The molecule has 0 atom stereocenters. The van der Waals surface area contributed by atoms with Crippen LogP contribution in [-0.2, 0) is 6.42 Å². The van der Waals surface area contributed by atoms with Gasteiger partial charge in [-0.3, -0.25) is 0 Å². The summed E-state index contributed by atoms with van der Waals surface area (Å²) in [4.78, 5) is 11.8. The molecular weight excluding hydrogens is 363 g/mol. The number of benzene rings is 2. The molecule has 3 aromatic rings. The summed E-state index contributed by atoms with van der Waals surface area (Å²) in [7, 11) is 0. The lowest BCUT2D eigenvalue weighted by Gasteiger charge is -2.06. The molecule has 2 amide bonds. The second-order valence-corrected chi connectivity index (χ2v) is 6.02. The first-order valence-electron chi connectivity index (χ1n) is 7.49. The first-order chi connectivity index (χ1) is 12.1. The van der Waals surface area contributed by atoms with Crippen molar-refractivity contribution in [1.82, 2.24) is 15.5 Å². The molecule has 0 saturated heterocycles. The van der Waals surface area contributed by atoms with Crippen LogP contribution in [0.2, 0.25) is 10.0 Å². The van der Waals surface area contributed by atoms with E-state index >= 15 is 0 Å². The Balaban J connectivity index is 1.48. The quantitative estimate of drug-likeness (QED) is 0.690. The average molecular weight is 377 g/mol. The molecule has 0 aliphatic carbocycles. The zero-order valence-electron chi connectivity index (χ0n) is 13.0. The molecule has 8 heteroatoms. The smallest absolute Gasteiger partial charge is 0.319 e. The molecule has 3 rings (SSSR count). The lowest BCUT2D eigenvalue weighted by molar-refractivity contribution is 0.252. The van der Waals surface area contributed by atoms with Crippen molar-refractivity contribution in [2.45, 2.75) is 6.42 Å². The molecule has 2 aromatic carbocycles. The minimum Gasteiger partial charge on any atom is -0.421 e. The van der Waals surface area contributed by atoms with Gasteiger partial charge in [-0.15, -0.1) is 10.2 Å². The standard InChI is InChI=1S/C17H14Cl2N4O2/c18-12-3-1-11(2-4-12)16-23-22-15(25-16)9-10-20-17(24)21-14-7-5-13(19)6-8-14/h1-8H,9-10H2,(H2,20,21,24). The zero-order chi connectivity index (χ0) is 17.6. The topological polar surface area (TPSA) is 80.1 Å². The maximum absolute atomic E-state index is 11.8. The molecule has 0 unspecified atom stereocenters. The molecule has 1 heterocycles. The maximum atomic E-state index is 11.8. The fourth-order valence-electron chi connectivity index (χ4n) is 2.06. The van der Waals surface area contributed by atoms with Crippen molar-refractivity contribution in [3.63, 3.8) is 0 Å². The summed E-state index contributed by atoms with van der Waals surface area (Å²) in [5.41, 5.74) is 1.45. The normalized spacial score (nSPS) is 10.5. The van der Waals surface area contributed by atoms with E-state index in [1.807, 2.05) is 0 Å². The molecule has 0 aliphatic rings. The van der Waals surface area contributed by atoms with Gasteiger partial charge >= 0.3 is 6.03 Å². The maximum Gasteiger partial charge on any atom is 0.319 e. The molecule has 25 heavy (non-hydrogen) atoms. The molecule has 0 aliphatic heterocycles. The Bertz CT molecular complexity index is 848. The first kappa shape index (κ1) is 17.3. The number of carbonyl (C=O) groups is 1. The van der Waals surface area contributed by atoms with Gasteiger partial charge in [0.05, 0.1) is 0 Å². The van der Waals surface area contributed by atoms with Crippen LogP contribution < -0.4 is 10.6 Å². The Morgan fingerprint density at radius 1 is 0.960 bits per heavy atom. The van der Waals surface area contributed by atoms with E-state index < -0.39 is 0 Å². The molecule has 128 valence electrons. The van der Waals surface area contributed by atoms with Gasteiger partial charge in [0, 0.05) is 34.3 Å². The van der Waals surface area contributed by atoms with Gasteiger partial charge in [0.2, 0.25) is 11.8 Å². The molecule has 6 nitrogen and oxygen atoms in total. The van der Waals surface area contributed by atoms with Gasteiger partial charge in [0.15, 0.2) is 0 Å². The molecule has 0 fully saturated rings. The second kappa shape index (κ2) is 8.00. The van der Waals surface area contributed by atoms with E-state index in [0.717, 1.165) is 5.56 Å². The van der Waals surface area contributed by atoms with Crippen LogP contribution in [0.4, 0.5) is 10.5 Å². The largest absolute Gasteiger partial charge is 0.421 e. The highest BCUT2D eigenvalue weighted by atomic mass is 35.5. The van der Waals surface area contributed by atoms with Crippen molar-refractivity contribution in [2.75, 3.05) is 11.9 Å². The summed E-state index contributed by atoms with van der Waals surface area (Å²) in [6.45, 7) is 0.363. The van der Waals surface area contributed by atoms with E-state index in [4.69, 9.17) is 27.6 Å². The summed E-state index contributed by atoms with van der Waals surface area (Å²) in [5, 5.41) is 14.6. The number of hydrogen-bond acceptors (Lipinski definition) is 4. The van der Waals surface area contributed by atoms with Crippen LogP contribution in [0.15, 0.2) is 52.9 Å². The molecule has 0 spiro atoms. The lowest BCUT2D eigenvalue weighted by atomic mass is 10.2. The highest BCUT2D eigenvalue weighted by molar-refractivity contribution is 6.30. The fourth-order valence-corrected chi connectivity index (χ4v) is 2.31.